The van der Waals surface area contributed by atoms with E-state index < -0.39 is 0 Å². The monoisotopic (exact) mass is 268 g/mol. The van der Waals surface area contributed by atoms with E-state index in [4.69, 9.17) is 4.98 Å². The first-order chi connectivity index (χ1) is 9.81. The Morgan fingerprint density at radius 2 is 2.25 bits per heavy atom. The van der Waals surface area contributed by atoms with Crippen LogP contribution in [-0.2, 0) is 0 Å². The topological polar surface area (TPSA) is 49.8 Å². The number of nitrogens with zero attached hydrogens (tertiary/aromatic N) is 2. The highest BCUT2D eigenvalue weighted by molar-refractivity contribution is 5.56. The molecule has 2 N–H and O–H groups in total. The van der Waals surface area contributed by atoms with Gasteiger partial charge in [-0.05, 0) is 50.6 Å². The van der Waals surface area contributed by atoms with Crippen LogP contribution in [0.15, 0.2) is 36.5 Å². The fourth-order valence-corrected chi connectivity index (χ4v) is 2.66. The number of hydrogen-bond acceptors (Lipinski definition) is 4. The molecule has 0 aromatic carbocycles. The molecule has 1 fully saturated rings. The van der Waals surface area contributed by atoms with Crippen LogP contribution in [0, 0.1) is 6.92 Å². The Morgan fingerprint density at radius 1 is 1.30 bits per heavy atom. The number of nitrogens with one attached hydrogen (secondary N) is 2. The molecule has 4 heteroatoms. The van der Waals surface area contributed by atoms with Crippen molar-refractivity contribution < 1.29 is 0 Å². The van der Waals surface area contributed by atoms with Gasteiger partial charge in [0.05, 0.1) is 0 Å². The highest BCUT2D eigenvalue weighted by Crippen LogP contribution is 2.25. The van der Waals surface area contributed by atoms with Crippen molar-refractivity contribution in [2.75, 3.05) is 18.4 Å². The summed E-state index contributed by atoms with van der Waals surface area (Å²) in [5.41, 5.74) is 3.29. The van der Waals surface area contributed by atoms with Gasteiger partial charge < -0.3 is 10.6 Å². The Morgan fingerprint density at radius 3 is 3.00 bits per heavy atom. The number of piperidine rings is 1. The first-order valence-electron chi connectivity index (χ1n) is 7.18. The molecule has 20 heavy (non-hydrogen) atoms. The molecule has 2 aromatic heterocycles. The second kappa shape index (κ2) is 6.01. The van der Waals surface area contributed by atoms with Crippen LogP contribution in [0.1, 0.15) is 30.1 Å². The molecule has 1 aliphatic rings. The molecule has 0 radical (unpaired) electrons. The summed E-state index contributed by atoms with van der Waals surface area (Å²) < 4.78 is 0. The fourth-order valence-electron chi connectivity index (χ4n) is 2.66. The van der Waals surface area contributed by atoms with E-state index in [1.54, 1.807) is 6.20 Å². The average molecular weight is 268 g/mol. The predicted octanol–water partition coefficient (Wildman–Crippen LogP) is 3.00. The zero-order valence-electron chi connectivity index (χ0n) is 11.8. The lowest BCUT2D eigenvalue weighted by Gasteiger charge is -2.23. The smallest absolute Gasteiger partial charge is 0.130 e. The van der Waals surface area contributed by atoms with Crippen molar-refractivity contribution in [1.82, 2.24) is 15.3 Å². The summed E-state index contributed by atoms with van der Waals surface area (Å²) in [7, 11) is 0. The van der Waals surface area contributed by atoms with Crippen molar-refractivity contribution in [2.24, 2.45) is 0 Å². The maximum atomic E-state index is 4.70. The minimum atomic E-state index is 0.521. The molecule has 0 saturated carbocycles. The average Bonchev–Trinajstić information content (AvgIpc) is 2.49. The molecule has 0 spiro atoms. The molecule has 1 saturated heterocycles. The molecule has 1 aliphatic heterocycles. The number of aromatic nitrogens is 2. The van der Waals surface area contributed by atoms with Gasteiger partial charge >= 0.3 is 0 Å². The van der Waals surface area contributed by atoms with Crippen molar-refractivity contribution in [1.29, 1.82) is 0 Å². The van der Waals surface area contributed by atoms with Crippen molar-refractivity contribution >= 4 is 11.5 Å². The van der Waals surface area contributed by atoms with E-state index in [1.807, 2.05) is 25.1 Å². The third kappa shape index (κ3) is 3.14. The summed E-state index contributed by atoms with van der Waals surface area (Å²) in [6.07, 6.45) is 4.23. The van der Waals surface area contributed by atoms with Crippen molar-refractivity contribution in [3.05, 3.63) is 47.9 Å². The maximum absolute atomic E-state index is 4.70. The summed E-state index contributed by atoms with van der Waals surface area (Å²) >= 11 is 0. The van der Waals surface area contributed by atoms with E-state index >= 15 is 0 Å². The Bertz CT molecular complexity index is 562. The van der Waals surface area contributed by atoms with E-state index in [2.05, 4.69) is 27.8 Å². The highest BCUT2D eigenvalue weighted by atomic mass is 15.0. The molecule has 0 bridgehead atoms. The first kappa shape index (κ1) is 13.1. The van der Waals surface area contributed by atoms with Gasteiger partial charge in [0, 0.05) is 35.7 Å². The number of rotatable bonds is 3. The van der Waals surface area contributed by atoms with Crippen molar-refractivity contribution in [2.45, 2.75) is 25.7 Å². The molecule has 0 unspecified atom stereocenters. The van der Waals surface area contributed by atoms with Gasteiger partial charge in [-0.3, -0.25) is 4.98 Å². The molecule has 4 nitrogen and oxygen atoms in total. The van der Waals surface area contributed by atoms with Crippen LogP contribution >= 0.6 is 0 Å². The first-order valence-corrected chi connectivity index (χ1v) is 7.18. The zero-order chi connectivity index (χ0) is 13.8. The molecule has 3 rings (SSSR count). The lowest BCUT2D eigenvalue weighted by Crippen LogP contribution is -2.28. The molecular formula is C16H20N4. The number of pyridine rings is 2. The predicted molar refractivity (Wildman–Crippen MR) is 81.3 cm³/mol. The highest BCUT2D eigenvalue weighted by Gasteiger charge is 2.17. The lowest BCUT2D eigenvalue weighted by atomic mass is 9.95. The zero-order valence-corrected chi connectivity index (χ0v) is 11.8. The lowest BCUT2D eigenvalue weighted by molar-refractivity contribution is 0.454. The SMILES string of the molecule is Cc1cc(Nc2ccccn2)cc([C@@H]2CCCNC2)n1. The Labute approximate surface area is 119 Å². The minimum Gasteiger partial charge on any atom is -0.340 e. The molecular weight excluding hydrogens is 248 g/mol. The van der Waals surface area contributed by atoms with Crippen LogP contribution in [0.4, 0.5) is 11.5 Å². The third-order valence-corrected chi connectivity index (χ3v) is 3.63. The van der Waals surface area contributed by atoms with Gasteiger partial charge in [-0.2, -0.15) is 0 Å². The normalized spacial score (nSPS) is 18.8. The standard InChI is InChI=1S/C16H20N4/c1-12-9-14(20-16-6-2-3-8-18-16)10-15(19-12)13-5-4-7-17-11-13/h2-3,6,8-10,13,17H,4-5,7,11H2,1H3,(H,18,19,20)/t13-/m1/s1. The molecule has 0 amide bonds. The summed E-state index contributed by atoms with van der Waals surface area (Å²) in [6.45, 7) is 4.20. The Balaban J connectivity index is 1.82. The second-order valence-electron chi connectivity index (χ2n) is 5.31. The van der Waals surface area contributed by atoms with E-state index in [9.17, 15) is 0 Å². The largest absolute Gasteiger partial charge is 0.340 e. The summed E-state index contributed by atoms with van der Waals surface area (Å²) in [5.74, 6) is 1.39. The van der Waals surface area contributed by atoms with E-state index in [0.29, 0.717) is 5.92 Å². The van der Waals surface area contributed by atoms with Crippen LogP contribution in [0.5, 0.6) is 0 Å². The van der Waals surface area contributed by atoms with Gasteiger partial charge in [-0.1, -0.05) is 6.07 Å². The quantitative estimate of drug-likeness (QED) is 0.898. The van der Waals surface area contributed by atoms with E-state index in [0.717, 1.165) is 30.3 Å². The Kier molecular flexibility index (Phi) is 3.92. The summed E-state index contributed by atoms with van der Waals surface area (Å²) in [6, 6.07) is 10.1. The van der Waals surface area contributed by atoms with E-state index in [1.165, 1.54) is 18.5 Å². The van der Waals surface area contributed by atoms with Crippen LogP contribution < -0.4 is 10.6 Å². The molecule has 3 heterocycles. The molecule has 1 atom stereocenters. The van der Waals surface area contributed by atoms with Gasteiger partial charge in [0.2, 0.25) is 0 Å². The Hall–Kier alpha value is -1.94. The molecule has 104 valence electrons. The molecule has 0 aliphatic carbocycles. The minimum absolute atomic E-state index is 0.521. The van der Waals surface area contributed by atoms with Gasteiger partial charge in [0.15, 0.2) is 0 Å². The summed E-state index contributed by atoms with van der Waals surface area (Å²) in [4.78, 5) is 9.00. The second-order valence-corrected chi connectivity index (χ2v) is 5.31. The van der Waals surface area contributed by atoms with Crippen LogP contribution in [0.25, 0.3) is 0 Å². The fraction of sp³-hybridized carbons (Fsp3) is 0.375. The van der Waals surface area contributed by atoms with Crippen LogP contribution in [0.3, 0.4) is 0 Å². The maximum Gasteiger partial charge on any atom is 0.130 e. The van der Waals surface area contributed by atoms with Crippen molar-refractivity contribution in [3.63, 3.8) is 0 Å². The summed E-state index contributed by atoms with van der Waals surface area (Å²) in [5, 5.41) is 6.80. The van der Waals surface area contributed by atoms with Gasteiger partial charge in [0.25, 0.3) is 0 Å². The third-order valence-electron chi connectivity index (χ3n) is 3.63. The van der Waals surface area contributed by atoms with Gasteiger partial charge in [0.1, 0.15) is 5.82 Å². The van der Waals surface area contributed by atoms with E-state index in [-0.39, 0.29) is 0 Å². The molecule has 2 aromatic rings. The van der Waals surface area contributed by atoms with Crippen molar-refractivity contribution in [3.8, 4) is 0 Å². The van der Waals surface area contributed by atoms with Gasteiger partial charge in [-0.25, -0.2) is 4.98 Å². The van der Waals surface area contributed by atoms with Gasteiger partial charge in [-0.15, -0.1) is 0 Å². The number of aryl methyl sites for hydroxylation is 1. The van der Waals surface area contributed by atoms with Crippen LogP contribution in [-0.4, -0.2) is 23.1 Å². The van der Waals surface area contributed by atoms with Crippen LogP contribution in [0.2, 0.25) is 0 Å². The number of hydrogen-bond donors (Lipinski definition) is 2. The number of anilines is 2.